The Kier molecular flexibility index (Phi) is 4.54. The van der Waals surface area contributed by atoms with Crippen molar-refractivity contribution in [1.29, 1.82) is 0 Å². The lowest BCUT2D eigenvalue weighted by molar-refractivity contribution is -0.385. The lowest BCUT2D eigenvalue weighted by atomic mass is 10.1. The SMILES string of the molecule is O=C(O)Cc1cccc(Oc2ccc(Br)cc2[N+](=O)[O-])c1. The van der Waals surface area contributed by atoms with Gasteiger partial charge < -0.3 is 9.84 Å². The number of nitro benzene ring substituents is 1. The highest BCUT2D eigenvalue weighted by molar-refractivity contribution is 9.10. The number of carboxylic acids is 1. The third-order valence-electron chi connectivity index (χ3n) is 2.60. The van der Waals surface area contributed by atoms with Crippen LogP contribution in [0, 0.1) is 10.1 Å². The third kappa shape index (κ3) is 4.03. The Labute approximate surface area is 128 Å². The first-order chi connectivity index (χ1) is 9.95. The van der Waals surface area contributed by atoms with Gasteiger partial charge in [-0.05, 0) is 29.8 Å². The van der Waals surface area contributed by atoms with Crippen LogP contribution >= 0.6 is 15.9 Å². The molecular weight excluding hydrogens is 342 g/mol. The van der Waals surface area contributed by atoms with Crippen LogP contribution in [-0.4, -0.2) is 16.0 Å². The fourth-order valence-electron chi connectivity index (χ4n) is 1.74. The van der Waals surface area contributed by atoms with Crippen molar-refractivity contribution in [3.63, 3.8) is 0 Å². The molecule has 6 nitrogen and oxygen atoms in total. The van der Waals surface area contributed by atoms with Gasteiger partial charge in [0.25, 0.3) is 0 Å². The standard InChI is InChI=1S/C14H10BrNO5/c15-10-4-5-13(12(8-10)16(19)20)21-11-3-1-2-9(6-11)7-14(17)18/h1-6,8H,7H2,(H,17,18). The average Bonchev–Trinajstić information content (AvgIpc) is 2.40. The zero-order chi connectivity index (χ0) is 15.4. The van der Waals surface area contributed by atoms with Crippen LogP contribution in [0.3, 0.4) is 0 Å². The maximum absolute atomic E-state index is 11.0. The molecular formula is C14H10BrNO5. The van der Waals surface area contributed by atoms with Crippen molar-refractivity contribution in [1.82, 2.24) is 0 Å². The molecule has 0 aliphatic rings. The molecule has 0 radical (unpaired) electrons. The van der Waals surface area contributed by atoms with Crippen molar-refractivity contribution in [2.45, 2.75) is 6.42 Å². The summed E-state index contributed by atoms with van der Waals surface area (Å²) in [5.41, 5.74) is 0.382. The lowest BCUT2D eigenvalue weighted by Crippen LogP contribution is -2.00. The van der Waals surface area contributed by atoms with E-state index in [0.717, 1.165) is 0 Å². The minimum atomic E-state index is -0.957. The Morgan fingerprint density at radius 1 is 1.29 bits per heavy atom. The van der Waals surface area contributed by atoms with Crippen molar-refractivity contribution in [2.24, 2.45) is 0 Å². The van der Waals surface area contributed by atoms with Crippen LogP contribution in [0.4, 0.5) is 5.69 Å². The Bertz CT molecular complexity index is 702. The number of nitrogens with zero attached hydrogens (tertiary/aromatic N) is 1. The predicted octanol–water partition coefficient (Wildman–Crippen LogP) is 3.78. The van der Waals surface area contributed by atoms with E-state index in [1.54, 1.807) is 30.3 Å². The number of aliphatic carboxylic acids is 1. The number of rotatable bonds is 5. The van der Waals surface area contributed by atoms with Gasteiger partial charge in [-0.15, -0.1) is 0 Å². The van der Waals surface area contributed by atoms with Gasteiger partial charge in [-0.3, -0.25) is 14.9 Å². The molecule has 0 atom stereocenters. The normalized spacial score (nSPS) is 10.1. The highest BCUT2D eigenvalue weighted by Crippen LogP contribution is 2.33. The Hall–Kier alpha value is -2.41. The maximum Gasteiger partial charge on any atom is 0.312 e. The number of carbonyl (C=O) groups is 1. The molecule has 0 amide bonds. The molecule has 0 bridgehead atoms. The quantitative estimate of drug-likeness (QED) is 0.653. The summed E-state index contributed by atoms with van der Waals surface area (Å²) in [6, 6.07) is 10.9. The van der Waals surface area contributed by atoms with Crippen LogP contribution in [0.2, 0.25) is 0 Å². The van der Waals surface area contributed by atoms with E-state index < -0.39 is 10.9 Å². The van der Waals surface area contributed by atoms with Crippen LogP contribution in [0.25, 0.3) is 0 Å². The van der Waals surface area contributed by atoms with Gasteiger partial charge in [0, 0.05) is 10.5 Å². The fourth-order valence-corrected chi connectivity index (χ4v) is 2.09. The van der Waals surface area contributed by atoms with E-state index in [4.69, 9.17) is 9.84 Å². The predicted molar refractivity (Wildman–Crippen MR) is 78.7 cm³/mol. The van der Waals surface area contributed by atoms with Crippen molar-refractivity contribution >= 4 is 27.6 Å². The second kappa shape index (κ2) is 6.36. The average molecular weight is 352 g/mol. The van der Waals surface area contributed by atoms with Crippen molar-refractivity contribution in [3.8, 4) is 11.5 Å². The molecule has 7 heteroatoms. The number of nitro groups is 1. The van der Waals surface area contributed by atoms with E-state index in [2.05, 4.69) is 15.9 Å². The molecule has 0 aromatic heterocycles. The summed E-state index contributed by atoms with van der Waals surface area (Å²) >= 11 is 3.16. The molecule has 0 aliphatic heterocycles. The second-order valence-corrected chi connectivity index (χ2v) is 5.10. The minimum absolute atomic E-state index is 0.0932. The molecule has 1 N–H and O–H groups in total. The summed E-state index contributed by atoms with van der Waals surface area (Å²) in [4.78, 5) is 21.1. The zero-order valence-corrected chi connectivity index (χ0v) is 12.2. The van der Waals surface area contributed by atoms with Crippen LogP contribution in [0.5, 0.6) is 11.5 Å². The smallest absolute Gasteiger partial charge is 0.312 e. The van der Waals surface area contributed by atoms with E-state index >= 15 is 0 Å². The summed E-state index contributed by atoms with van der Waals surface area (Å²) in [7, 11) is 0. The van der Waals surface area contributed by atoms with E-state index in [0.29, 0.717) is 15.8 Å². The molecule has 0 spiro atoms. The first-order valence-corrected chi connectivity index (χ1v) is 6.67. The second-order valence-electron chi connectivity index (χ2n) is 4.19. The summed E-state index contributed by atoms with van der Waals surface area (Å²) in [6.45, 7) is 0. The molecule has 2 aromatic rings. The number of hydrogen-bond acceptors (Lipinski definition) is 4. The fraction of sp³-hybridized carbons (Fsp3) is 0.0714. The van der Waals surface area contributed by atoms with Gasteiger partial charge in [0.15, 0.2) is 0 Å². The van der Waals surface area contributed by atoms with Crippen molar-refractivity contribution in [3.05, 3.63) is 62.6 Å². The molecule has 108 valence electrons. The molecule has 21 heavy (non-hydrogen) atoms. The number of ether oxygens (including phenoxy) is 1. The minimum Gasteiger partial charge on any atom is -0.481 e. The van der Waals surface area contributed by atoms with Crippen molar-refractivity contribution in [2.75, 3.05) is 0 Å². The summed E-state index contributed by atoms with van der Waals surface area (Å²) in [6.07, 6.45) is -0.139. The molecule has 0 saturated carbocycles. The first kappa shape index (κ1) is 15.0. The maximum atomic E-state index is 11.0. The molecule has 0 heterocycles. The van der Waals surface area contributed by atoms with Crippen molar-refractivity contribution < 1.29 is 19.6 Å². The number of benzene rings is 2. The monoisotopic (exact) mass is 351 g/mol. The number of halogens is 1. The molecule has 0 saturated heterocycles. The van der Waals surface area contributed by atoms with E-state index in [1.165, 1.54) is 12.1 Å². The van der Waals surface area contributed by atoms with Gasteiger partial charge in [-0.25, -0.2) is 0 Å². The molecule has 0 fully saturated rings. The van der Waals surface area contributed by atoms with Crippen LogP contribution < -0.4 is 4.74 Å². The zero-order valence-electron chi connectivity index (χ0n) is 10.7. The van der Waals surface area contributed by atoms with E-state index in [9.17, 15) is 14.9 Å². The van der Waals surface area contributed by atoms with Crippen LogP contribution in [-0.2, 0) is 11.2 Å². The highest BCUT2D eigenvalue weighted by atomic mass is 79.9. The Morgan fingerprint density at radius 2 is 2.05 bits per heavy atom. The third-order valence-corrected chi connectivity index (χ3v) is 3.09. The summed E-state index contributed by atoms with van der Waals surface area (Å²) in [5.74, 6) is -0.517. The molecule has 2 aromatic carbocycles. The van der Waals surface area contributed by atoms with Crippen LogP contribution in [0.15, 0.2) is 46.9 Å². The molecule has 0 aliphatic carbocycles. The van der Waals surface area contributed by atoms with Gasteiger partial charge in [0.1, 0.15) is 5.75 Å². The first-order valence-electron chi connectivity index (χ1n) is 5.88. The lowest BCUT2D eigenvalue weighted by Gasteiger charge is -2.07. The Balaban J connectivity index is 2.30. The highest BCUT2D eigenvalue weighted by Gasteiger charge is 2.16. The summed E-state index contributed by atoms with van der Waals surface area (Å²) < 4.78 is 6.06. The topological polar surface area (TPSA) is 89.7 Å². The van der Waals surface area contributed by atoms with E-state index in [1.807, 2.05) is 0 Å². The largest absolute Gasteiger partial charge is 0.481 e. The van der Waals surface area contributed by atoms with Gasteiger partial charge in [0.2, 0.25) is 5.75 Å². The van der Waals surface area contributed by atoms with Gasteiger partial charge in [0.05, 0.1) is 11.3 Å². The summed E-state index contributed by atoms with van der Waals surface area (Å²) in [5, 5.41) is 19.8. The van der Waals surface area contributed by atoms with Crippen LogP contribution in [0.1, 0.15) is 5.56 Å². The Morgan fingerprint density at radius 3 is 2.71 bits per heavy atom. The van der Waals surface area contributed by atoms with E-state index in [-0.39, 0.29) is 17.9 Å². The molecule has 2 rings (SSSR count). The number of carboxylic acid groups (broad SMARTS) is 1. The molecule has 0 unspecified atom stereocenters. The number of hydrogen-bond donors (Lipinski definition) is 1. The van der Waals surface area contributed by atoms with Gasteiger partial charge >= 0.3 is 11.7 Å². The van der Waals surface area contributed by atoms with Gasteiger partial charge in [-0.1, -0.05) is 28.1 Å². The van der Waals surface area contributed by atoms with Gasteiger partial charge in [-0.2, -0.15) is 0 Å².